The monoisotopic (exact) mass is 585 g/mol. The van der Waals surface area contributed by atoms with Crippen LogP contribution < -0.4 is 0 Å². The lowest BCUT2D eigenvalue weighted by molar-refractivity contribution is -0.143. The third-order valence-electron chi connectivity index (χ3n) is 9.39. The van der Waals surface area contributed by atoms with Gasteiger partial charge in [-0.15, -0.1) is 0 Å². The summed E-state index contributed by atoms with van der Waals surface area (Å²) >= 11 is 6.17. The highest BCUT2D eigenvalue weighted by molar-refractivity contribution is 6.30. The van der Waals surface area contributed by atoms with Gasteiger partial charge in [-0.1, -0.05) is 42.6 Å². The van der Waals surface area contributed by atoms with E-state index in [0.717, 1.165) is 50.2 Å². The van der Waals surface area contributed by atoms with Crippen molar-refractivity contribution in [2.24, 2.45) is 11.8 Å². The van der Waals surface area contributed by atoms with E-state index in [4.69, 9.17) is 11.6 Å². The van der Waals surface area contributed by atoms with Crippen molar-refractivity contribution in [2.75, 3.05) is 32.7 Å². The molecular weight excluding hydrogens is 544 g/mol. The van der Waals surface area contributed by atoms with Gasteiger partial charge in [0.25, 0.3) is 0 Å². The quantitative estimate of drug-likeness (QED) is 0.396. The molecule has 0 radical (unpaired) electrons. The van der Waals surface area contributed by atoms with E-state index < -0.39 is 17.6 Å². The lowest BCUT2D eigenvalue weighted by Gasteiger charge is -2.39. The highest BCUT2D eigenvalue weighted by Gasteiger charge is 2.45. The number of likely N-dealkylation sites (tertiary alicyclic amines) is 1. The molecule has 3 atom stereocenters. The normalized spacial score (nSPS) is 24.9. The van der Waals surface area contributed by atoms with Crippen molar-refractivity contribution in [3.05, 3.63) is 70.2 Å². The molecule has 222 valence electrons. The lowest BCUT2D eigenvalue weighted by atomic mass is 9.87. The van der Waals surface area contributed by atoms with Gasteiger partial charge < -0.3 is 9.80 Å². The molecule has 41 heavy (non-hydrogen) atoms. The summed E-state index contributed by atoms with van der Waals surface area (Å²) in [6.45, 7) is 8.80. The molecule has 5 rings (SSSR count). The second-order valence-corrected chi connectivity index (χ2v) is 13.4. The molecule has 2 aromatic carbocycles. The maximum absolute atomic E-state index is 15.0. The van der Waals surface area contributed by atoms with Gasteiger partial charge in [-0.05, 0) is 75.8 Å². The van der Waals surface area contributed by atoms with Crippen LogP contribution in [-0.4, -0.2) is 64.8 Å². The summed E-state index contributed by atoms with van der Waals surface area (Å²) in [5, 5.41) is 0.665. The Morgan fingerprint density at radius 1 is 0.854 bits per heavy atom. The van der Waals surface area contributed by atoms with Gasteiger partial charge in [-0.3, -0.25) is 14.5 Å². The Hall–Kier alpha value is -2.51. The first-order chi connectivity index (χ1) is 19.5. The fraction of sp³-hybridized carbons (Fsp3) is 0.576. The minimum absolute atomic E-state index is 0.0105. The van der Waals surface area contributed by atoms with Crippen LogP contribution in [0.4, 0.5) is 8.78 Å². The van der Waals surface area contributed by atoms with Gasteiger partial charge in [0.2, 0.25) is 11.8 Å². The van der Waals surface area contributed by atoms with Gasteiger partial charge in [0.05, 0.1) is 12.0 Å². The highest BCUT2D eigenvalue weighted by Crippen LogP contribution is 2.39. The zero-order valence-corrected chi connectivity index (χ0v) is 25.2. The van der Waals surface area contributed by atoms with Crippen molar-refractivity contribution < 1.29 is 18.4 Å². The predicted octanol–water partition coefficient (Wildman–Crippen LogP) is 6.81. The number of hydrogen-bond donors (Lipinski definition) is 0. The predicted molar refractivity (Wildman–Crippen MR) is 158 cm³/mol. The van der Waals surface area contributed by atoms with Crippen molar-refractivity contribution in [3.63, 3.8) is 0 Å². The molecule has 3 unspecified atom stereocenters. The Kier molecular flexibility index (Phi) is 9.05. The number of benzene rings is 2. The molecule has 1 aliphatic carbocycles. The van der Waals surface area contributed by atoms with E-state index in [1.165, 1.54) is 12.1 Å². The van der Waals surface area contributed by atoms with Crippen LogP contribution in [0, 0.1) is 23.5 Å². The van der Waals surface area contributed by atoms with Gasteiger partial charge in [-0.2, -0.15) is 0 Å². The fourth-order valence-corrected chi connectivity index (χ4v) is 7.13. The largest absolute Gasteiger partial charge is 0.341 e. The molecule has 2 saturated heterocycles. The van der Waals surface area contributed by atoms with E-state index >= 15 is 4.39 Å². The van der Waals surface area contributed by atoms with Crippen molar-refractivity contribution in [1.82, 2.24) is 14.7 Å². The Bertz CT molecular complexity index is 1240. The van der Waals surface area contributed by atoms with Gasteiger partial charge in [0.15, 0.2) is 0 Å². The van der Waals surface area contributed by atoms with Crippen LogP contribution in [0.15, 0.2) is 42.5 Å². The first kappa shape index (κ1) is 30.0. The summed E-state index contributed by atoms with van der Waals surface area (Å²) in [4.78, 5) is 34.1. The van der Waals surface area contributed by atoms with Crippen LogP contribution in [0.25, 0.3) is 0 Å². The maximum atomic E-state index is 15.0. The van der Waals surface area contributed by atoms with Gasteiger partial charge >= 0.3 is 0 Å². The molecule has 0 aromatic heterocycles. The first-order valence-electron chi connectivity index (χ1n) is 15.1. The van der Waals surface area contributed by atoms with Crippen LogP contribution in [0.3, 0.4) is 0 Å². The van der Waals surface area contributed by atoms with Crippen LogP contribution in [0.5, 0.6) is 0 Å². The molecule has 3 fully saturated rings. The second kappa shape index (κ2) is 12.4. The topological polar surface area (TPSA) is 43.9 Å². The van der Waals surface area contributed by atoms with Crippen LogP contribution in [0.1, 0.15) is 82.4 Å². The molecule has 3 aliphatic rings. The Morgan fingerprint density at radius 3 is 2.22 bits per heavy atom. The maximum Gasteiger partial charge on any atom is 0.227 e. The number of nitrogens with zero attached hydrogens (tertiary/aromatic N) is 3. The minimum atomic E-state index is -0.620. The van der Waals surface area contributed by atoms with E-state index in [1.807, 2.05) is 34.1 Å². The SMILES string of the molecule is CC(C)(C)N1CC(C(=O)N2CCCC(c3ccc(Cl)cc3)N(C(=O)C3CCCC3)CC2)C(c2ccc(F)cc2F)C1. The number of carbonyl (C=O) groups is 2. The Balaban J connectivity index is 1.39. The summed E-state index contributed by atoms with van der Waals surface area (Å²) in [5.74, 6) is -1.83. The molecule has 1 saturated carbocycles. The highest BCUT2D eigenvalue weighted by atomic mass is 35.5. The van der Waals surface area contributed by atoms with Crippen LogP contribution in [0.2, 0.25) is 5.02 Å². The summed E-state index contributed by atoms with van der Waals surface area (Å²) in [6.07, 6.45) is 5.49. The summed E-state index contributed by atoms with van der Waals surface area (Å²) in [6, 6.07) is 11.4. The number of halogens is 3. The van der Waals surface area contributed by atoms with E-state index in [9.17, 15) is 14.0 Å². The zero-order chi connectivity index (χ0) is 29.3. The van der Waals surface area contributed by atoms with E-state index in [1.54, 1.807) is 0 Å². The molecule has 2 aliphatic heterocycles. The summed E-state index contributed by atoms with van der Waals surface area (Å²) in [7, 11) is 0. The number of carbonyl (C=O) groups excluding carboxylic acids is 2. The molecule has 5 nitrogen and oxygen atoms in total. The number of rotatable bonds is 4. The molecule has 0 N–H and O–H groups in total. The molecular formula is C33H42ClF2N3O2. The van der Waals surface area contributed by atoms with E-state index in [-0.39, 0.29) is 35.2 Å². The van der Waals surface area contributed by atoms with E-state index in [2.05, 4.69) is 25.7 Å². The van der Waals surface area contributed by atoms with Gasteiger partial charge in [-0.25, -0.2) is 8.78 Å². The third-order valence-corrected chi connectivity index (χ3v) is 9.65. The molecule has 0 spiro atoms. The molecule has 0 bridgehead atoms. The third kappa shape index (κ3) is 6.61. The van der Waals surface area contributed by atoms with Crippen LogP contribution in [-0.2, 0) is 9.59 Å². The summed E-state index contributed by atoms with van der Waals surface area (Å²) in [5.41, 5.74) is 1.27. The van der Waals surface area contributed by atoms with Gasteiger partial charge in [0, 0.05) is 61.2 Å². The van der Waals surface area contributed by atoms with Crippen molar-refractivity contribution in [2.45, 2.75) is 76.8 Å². The average Bonchev–Trinajstić information content (AvgIpc) is 3.60. The van der Waals surface area contributed by atoms with Crippen molar-refractivity contribution in [3.8, 4) is 0 Å². The van der Waals surface area contributed by atoms with Crippen molar-refractivity contribution >= 4 is 23.4 Å². The fourth-order valence-electron chi connectivity index (χ4n) is 7.00. The number of hydrogen-bond acceptors (Lipinski definition) is 3. The van der Waals surface area contributed by atoms with Crippen molar-refractivity contribution in [1.29, 1.82) is 0 Å². The average molecular weight is 586 g/mol. The molecule has 8 heteroatoms. The van der Waals surface area contributed by atoms with Crippen LogP contribution >= 0.6 is 11.6 Å². The summed E-state index contributed by atoms with van der Waals surface area (Å²) < 4.78 is 28.8. The molecule has 2 amide bonds. The molecule has 2 aromatic rings. The smallest absolute Gasteiger partial charge is 0.227 e. The van der Waals surface area contributed by atoms with E-state index in [0.29, 0.717) is 43.3 Å². The minimum Gasteiger partial charge on any atom is -0.341 e. The Labute approximate surface area is 247 Å². The zero-order valence-electron chi connectivity index (χ0n) is 24.4. The first-order valence-corrected chi connectivity index (χ1v) is 15.5. The number of amides is 2. The Morgan fingerprint density at radius 2 is 1.56 bits per heavy atom. The lowest BCUT2D eigenvalue weighted by Crippen LogP contribution is -2.49. The second-order valence-electron chi connectivity index (χ2n) is 13.0. The molecule has 2 heterocycles. The standard InChI is InChI=1S/C33H42ClF2N3O2/c1-33(2,3)38-20-27(26-15-14-25(35)19-29(26)36)28(21-38)32(41)37-16-6-9-30(22-10-12-24(34)13-11-22)39(18-17-37)31(40)23-7-4-5-8-23/h10-15,19,23,27-28,30H,4-9,16-18,20-21H2,1-3H3. The van der Waals surface area contributed by atoms with Gasteiger partial charge in [0.1, 0.15) is 11.6 Å².